The topological polar surface area (TPSA) is 83.0 Å². The maximum atomic E-state index is 11.8. The second-order valence-corrected chi connectivity index (χ2v) is 4.85. The molecule has 104 valence electrons. The average Bonchev–Trinajstić information content (AvgIpc) is 2.90. The van der Waals surface area contributed by atoms with Gasteiger partial charge in [0.1, 0.15) is 5.82 Å². The maximum Gasteiger partial charge on any atom is 0.330 e. The minimum absolute atomic E-state index is 0.269. The molecule has 1 atom stereocenters. The van der Waals surface area contributed by atoms with Crippen LogP contribution in [-0.4, -0.2) is 27.8 Å². The summed E-state index contributed by atoms with van der Waals surface area (Å²) in [5, 5.41) is 4.46. The van der Waals surface area contributed by atoms with Crippen LogP contribution in [0.1, 0.15) is 24.7 Å². The predicted molar refractivity (Wildman–Crippen MR) is 73.9 cm³/mol. The van der Waals surface area contributed by atoms with Gasteiger partial charge in [0.2, 0.25) is 0 Å². The first kappa shape index (κ1) is 12.7. The van der Waals surface area contributed by atoms with Crippen molar-refractivity contribution < 1.29 is 9.53 Å². The molecule has 1 unspecified atom stereocenters. The van der Waals surface area contributed by atoms with Crippen LogP contribution in [0.4, 0.5) is 5.69 Å². The number of hydrogen-bond acceptors (Lipinski definition) is 5. The number of nitrogens with zero attached hydrogens (tertiary/aromatic N) is 3. The average molecular weight is 272 g/mol. The highest BCUT2D eigenvalue weighted by molar-refractivity contribution is 5.74. The molecule has 0 saturated carbocycles. The Bertz CT molecular complexity index is 650. The SMILES string of the molecule is COC(=O)C1CCCc2nc(-c3cccc(N)c3)nn21. The Balaban J connectivity index is 2.01. The van der Waals surface area contributed by atoms with E-state index in [2.05, 4.69) is 10.1 Å². The minimum Gasteiger partial charge on any atom is -0.467 e. The van der Waals surface area contributed by atoms with E-state index in [0.29, 0.717) is 11.5 Å². The van der Waals surface area contributed by atoms with Gasteiger partial charge in [0, 0.05) is 17.7 Å². The highest BCUT2D eigenvalue weighted by Crippen LogP contribution is 2.27. The van der Waals surface area contributed by atoms with E-state index < -0.39 is 0 Å². The van der Waals surface area contributed by atoms with Crippen LogP contribution in [0.3, 0.4) is 0 Å². The molecule has 0 fully saturated rings. The fourth-order valence-electron chi connectivity index (χ4n) is 2.51. The van der Waals surface area contributed by atoms with Gasteiger partial charge in [-0.25, -0.2) is 14.5 Å². The molecule has 0 amide bonds. The number of aryl methyl sites for hydroxylation is 1. The second-order valence-electron chi connectivity index (χ2n) is 4.85. The Hall–Kier alpha value is -2.37. The zero-order valence-electron chi connectivity index (χ0n) is 11.2. The number of aromatic nitrogens is 3. The van der Waals surface area contributed by atoms with Crippen molar-refractivity contribution in [2.24, 2.45) is 0 Å². The largest absolute Gasteiger partial charge is 0.467 e. The lowest BCUT2D eigenvalue weighted by atomic mass is 10.1. The van der Waals surface area contributed by atoms with E-state index in [-0.39, 0.29) is 12.0 Å². The third kappa shape index (κ3) is 2.13. The zero-order chi connectivity index (χ0) is 14.1. The molecule has 0 saturated heterocycles. The quantitative estimate of drug-likeness (QED) is 0.663. The fraction of sp³-hybridized carbons (Fsp3) is 0.357. The molecule has 1 aromatic heterocycles. The van der Waals surface area contributed by atoms with Crippen LogP contribution in [0.2, 0.25) is 0 Å². The van der Waals surface area contributed by atoms with Crippen LogP contribution < -0.4 is 5.73 Å². The molecule has 1 aliphatic heterocycles. The molecule has 6 nitrogen and oxygen atoms in total. The number of nitrogens with two attached hydrogens (primary N) is 1. The van der Waals surface area contributed by atoms with E-state index in [1.54, 1.807) is 4.68 Å². The van der Waals surface area contributed by atoms with Gasteiger partial charge in [-0.2, -0.15) is 0 Å². The molecule has 0 radical (unpaired) electrons. The van der Waals surface area contributed by atoms with Crippen molar-refractivity contribution in [2.45, 2.75) is 25.3 Å². The second kappa shape index (κ2) is 4.96. The van der Waals surface area contributed by atoms with E-state index in [0.717, 1.165) is 30.7 Å². The monoisotopic (exact) mass is 272 g/mol. The normalized spacial score (nSPS) is 17.6. The standard InChI is InChI=1S/C14H16N4O2/c1-20-14(19)11-6-3-7-12-16-13(17-18(11)12)9-4-2-5-10(15)8-9/h2,4-5,8,11H,3,6-7,15H2,1H3. The minimum atomic E-state index is -0.369. The van der Waals surface area contributed by atoms with E-state index in [4.69, 9.17) is 10.5 Å². The lowest BCUT2D eigenvalue weighted by Crippen LogP contribution is -2.27. The molecule has 0 bridgehead atoms. The van der Waals surface area contributed by atoms with Gasteiger partial charge in [-0.15, -0.1) is 5.10 Å². The van der Waals surface area contributed by atoms with Crippen LogP contribution in [0, 0.1) is 0 Å². The van der Waals surface area contributed by atoms with Crippen molar-refractivity contribution in [1.29, 1.82) is 0 Å². The van der Waals surface area contributed by atoms with E-state index >= 15 is 0 Å². The first-order valence-corrected chi connectivity index (χ1v) is 6.58. The number of rotatable bonds is 2. The molecule has 6 heteroatoms. The highest BCUT2D eigenvalue weighted by Gasteiger charge is 2.29. The van der Waals surface area contributed by atoms with Crippen molar-refractivity contribution in [3.8, 4) is 11.4 Å². The fourth-order valence-corrected chi connectivity index (χ4v) is 2.51. The Morgan fingerprint density at radius 3 is 3.10 bits per heavy atom. The molecule has 2 heterocycles. The van der Waals surface area contributed by atoms with E-state index in [1.165, 1.54) is 7.11 Å². The molecule has 3 rings (SSSR count). The van der Waals surface area contributed by atoms with Crippen molar-refractivity contribution in [3.05, 3.63) is 30.1 Å². The first-order chi connectivity index (χ1) is 9.69. The molecule has 2 aromatic rings. The van der Waals surface area contributed by atoms with Crippen molar-refractivity contribution in [2.75, 3.05) is 12.8 Å². The molecule has 2 N–H and O–H groups in total. The smallest absolute Gasteiger partial charge is 0.330 e. The lowest BCUT2D eigenvalue weighted by Gasteiger charge is -2.20. The summed E-state index contributed by atoms with van der Waals surface area (Å²) in [6.45, 7) is 0. The van der Waals surface area contributed by atoms with Gasteiger partial charge in [-0.05, 0) is 25.0 Å². The number of fused-ring (bicyclic) bond motifs is 1. The third-order valence-electron chi connectivity index (χ3n) is 3.49. The summed E-state index contributed by atoms with van der Waals surface area (Å²) in [6.07, 6.45) is 2.47. The van der Waals surface area contributed by atoms with Gasteiger partial charge in [0.05, 0.1) is 7.11 Å². The van der Waals surface area contributed by atoms with Crippen molar-refractivity contribution >= 4 is 11.7 Å². The Labute approximate surface area is 116 Å². The molecular formula is C14H16N4O2. The summed E-state index contributed by atoms with van der Waals surface area (Å²) in [7, 11) is 1.40. The van der Waals surface area contributed by atoms with Crippen molar-refractivity contribution in [3.63, 3.8) is 0 Å². The van der Waals surface area contributed by atoms with Crippen LogP contribution in [0.15, 0.2) is 24.3 Å². The predicted octanol–water partition coefficient (Wildman–Crippen LogP) is 1.58. The number of ether oxygens (including phenoxy) is 1. The van der Waals surface area contributed by atoms with Gasteiger partial charge in [-0.1, -0.05) is 12.1 Å². The number of methoxy groups -OCH3 is 1. The summed E-state index contributed by atoms with van der Waals surface area (Å²) in [4.78, 5) is 16.3. The Kier molecular flexibility index (Phi) is 3.14. The van der Waals surface area contributed by atoms with Crippen LogP contribution in [-0.2, 0) is 16.0 Å². The van der Waals surface area contributed by atoms with Gasteiger partial charge in [-0.3, -0.25) is 0 Å². The third-order valence-corrected chi connectivity index (χ3v) is 3.49. The molecule has 20 heavy (non-hydrogen) atoms. The van der Waals surface area contributed by atoms with Crippen LogP contribution in [0.25, 0.3) is 11.4 Å². The molecule has 1 aliphatic rings. The van der Waals surface area contributed by atoms with Gasteiger partial charge < -0.3 is 10.5 Å². The molecule has 1 aromatic carbocycles. The number of carbonyl (C=O) groups is 1. The number of carbonyl (C=O) groups excluding carboxylic acids is 1. The molecule has 0 aliphatic carbocycles. The van der Waals surface area contributed by atoms with Crippen LogP contribution in [0.5, 0.6) is 0 Å². The summed E-state index contributed by atoms with van der Waals surface area (Å²) in [5.74, 6) is 1.15. The first-order valence-electron chi connectivity index (χ1n) is 6.58. The highest BCUT2D eigenvalue weighted by atomic mass is 16.5. The Morgan fingerprint density at radius 2 is 2.35 bits per heavy atom. The summed E-state index contributed by atoms with van der Waals surface area (Å²) >= 11 is 0. The number of hydrogen-bond donors (Lipinski definition) is 1. The lowest BCUT2D eigenvalue weighted by molar-refractivity contribution is -0.145. The Morgan fingerprint density at radius 1 is 1.50 bits per heavy atom. The summed E-state index contributed by atoms with van der Waals surface area (Å²) in [5.41, 5.74) is 7.30. The number of anilines is 1. The van der Waals surface area contributed by atoms with Gasteiger partial charge in [0.15, 0.2) is 11.9 Å². The number of esters is 1. The van der Waals surface area contributed by atoms with Gasteiger partial charge >= 0.3 is 5.97 Å². The maximum absolute atomic E-state index is 11.8. The van der Waals surface area contributed by atoms with E-state index in [9.17, 15) is 4.79 Å². The van der Waals surface area contributed by atoms with Gasteiger partial charge in [0.25, 0.3) is 0 Å². The zero-order valence-corrected chi connectivity index (χ0v) is 11.2. The number of nitrogen functional groups attached to an aromatic ring is 1. The molecule has 0 spiro atoms. The van der Waals surface area contributed by atoms with E-state index in [1.807, 2.05) is 24.3 Å². The number of benzene rings is 1. The van der Waals surface area contributed by atoms with Crippen LogP contribution >= 0.6 is 0 Å². The summed E-state index contributed by atoms with van der Waals surface area (Å²) in [6, 6.07) is 7.05. The molecular weight excluding hydrogens is 256 g/mol. The summed E-state index contributed by atoms with van der Waals surface area (Å²) < 4.78 is 6.52. The van der Waals surface area contributed by atoms with Crippen molar-refractivity contribution in [1.82, 2.24) is 14.8 Å².